The van der Waals surface area contributed by atoms with Crippen LogP contribution in [0, 0.1) is 23.7 Å². The lowest BCUT2D eigenvalue weighted by Crippen LogP contribution is -2.54. The fourth-order valence-electron chi connectivity index (χ4n) is 6.59. The average molecular weight is 479 g/mol. The molecular formula is C27H31FN4O3. The van der Waals surface area contributed by atoms with Gasteiger partial charge in [-0.1, -0.05) is 5.16 Å². The second-order valence-electron chi connectivity index (χ2n) is 11.8. The van der Waals surface area contributed by atoms with Gasteiger partial charge in [0.15, 0.2) is 11.5 Å². The van der Waals surface area contributed by atoms with Crippen LogP contribution in [0.2, 0.25) is 0 Å². The molecule has 184 valence electrons. The molecule has 8 heteroatoms. The third-order valence-electron chi connectivity index (χ3n) is 9.03. The fourth-order valence-corrected chi connectivity index (χ4v) is 6.59. The molecule has 0 atom stereocenters. The second-order valence-corrected chi connectivity index (χ2v) is 11.8. The van der Waals surface area contributed by atoms with Crippen LogP contribution in [-0.4, -0.2) is 33.3 Å². The molecule has 1 heterocycles. The van der Waals surface area contributed by atoms with E-state index in [-0.39, 0.29) is 28.3 Å². The summed E-state index contributed by atoms with van der Waals surface area (Å²) in [7, 11) is 0. The Labute approximate surface area is 204 Å². The SMILES string of the molecule is [C-]#[N+]c1cc(F)cc(N(CC23CCC(c4nc(C5CC5)no4)(CC2)CC3)C(=O)C2CC(C)(O)C2)c1. The molecule has 1 amide bonds. The molecule has 5 aliphatic carbocycles. The van der Waals surface area contributed by atoms with E-state index in [1.165, 1.54) is 12.1 Å². The summed E-state index contributed by atoms with van der Waals surface area (Å²) in [5, 5.41) is 14.5. The number of aliphatic hydroxyl groups is 1. The van der Waals surface area contributed by atoms with E-state index >= 15 is 0 Å². The maximum atomic E-state index is 14.4. The number of halogens is 1. The average Bonchev–Trinajstić information content (AvgIpc) is 3.57. The Kier molecular flexibility index (Phi) is 5.09. The van der Waals surface area contributed by atoms with Gasteiger partial charge in [0.2, 0.25) is 11.8 Å². The van der Waals surface area contributed by atoms with Gasteiger partial charge in [0.25, 0.3) is 0 Å². The van der Waals surface area contributed by atoms with Gasteiger partial charge in [0.1, 0.15) is 5.82 Å². The van der Waals surface area contributed by atoms with Crippen molar-refractivity contribution in [2.45, 2.75) is 88.1 Å². The number of carbonyl (C=O) groups is 1. The standard InChI is InChI=1S/C27H31FN4O3/c1-25(34)14-18(15-25)23(33)32(21-12-19(28)11-20(13-21)29-2)16-26-5-8-27(9-6-26,10-7-26)24-30-22(31-35-24)17-3-4-17/h11-13,17-18,34H,3-10,14-16H2,1H3. The highest BCUT2D eigenvalue weighted by molar-refractivity contribution is 5.96. The zero-order valence-corrected chi connectivity index (χ0v) is 20.1. The molecule has 0 unspecified atom stereocenters. The zero-order valence-electron chi connectivity index (χ0n) is 20.1. The summed E-state index contributed by atoms with van der Waals surface area (Å²) >= 11 is 0. The summed E-state index contributed by atoms with van der Waals surface area (Å²) in [6.45, 7) is 9.58. The lowest BCUT2D eigenvalue weighted by Gasteiger charge is -2.53. The first kappa shape index (κ1) is 22.7. The van der Waals surface area contributed by atoms with E-state index in [0.29, 0.717) is 31.0 Å². The number of hydrogen-bond acceptors (Lipinski definition) is 5. The normalized spacial score (nSPS) is 33.7. The molecule has 2 bridgehead atoms. The van der Waals surface area contributed by atoms with Crippen LogP contribution >= 0.6 is 0 Å². The molecule has 0 aliphatic heterocycles. The topological polar surface area (TPSA) is 83.8 Å². The highest BCUT2D eigenvalue weighted by Gasteiger charge is 2.54. The number of nitrogens with zero attached hydrogens (tertiary/aromatic N) is 4. The number of benzene rings is 1. The van der Waals surface area contributed by atoms with Crippen LogP contribution in [0.5, 0.6) is 0 Å². The molecule has 0 spiro atoms. The van der Waals surface area contributed by atoms with Crippen molar-refractivity contribution in [1.29, 1.82) is 0 Å². The monoisotopic (exact) mass is 478 g/mol. The van der Waals surface area contributed by atoms with Crippen molar-refractivity contribution in [2.75, 3.05) is 11.4 Å². The predicted molar refractivity (Wildman–Crippen MR) is 126 cm³/mol. The molecule has 7 nitrogen and oxygen atoms in total. The molecule has 0 saturated heterocycles. The Balaban J connectivity index is 1.24. The van der Waals surface area contributed by atoms with Gasteiger partial charge in [-0.05, 0) is 94.7 Å². The highest BCUT2D eigenvalue weighted by atomic mass is 19.1. The predicted octanol–water partition coefficient (Wildman–Crippen LogP) is 5.42. The molecule has 0 radical (unpaired) electrons. The fraction of sp³-hybridized carbons (Fsp3) is 0.630. The molecule has 35 heavy (non-hydrogen) atoms. The molecule has 5 aliphatic rings. The molecular weight excluding hydrogens is 447 g/mol. The number of rotatable bonds is 6. The maximum Gasteiger partial charge on any atom is 0.232 e. The van der Waals surface area contributed by atoms with Crippen molar-refractivity contribution in [3.8, 4) is 0 Å². The van der Waals surface area contributed by atoms with E-state index in [2.05, 4.69) is 10.0 Å². The van der Waals surface area contributed by atoms with Crippen LogP contribution in [0.4, 0.5) is 15.8 Å². The molecule has 7 rings (SSSR count). The number of aromatic nitrogens is 2. The molecule has 1 aromatic carbocycles. The van der Waals surface area contributed by atoms with E-state index in [1.54, 1.807) is 17.9 Å². The number of amides is 1. The first-order chi connectivity index (χ1) is 16.7. The Morgan fingerprint density at radius 1 is 1.20 bits per heavy atom. The van der Waals surface area contributed by atoms with E-state index in [1.807, 2.05) is 0 Å². The lowest BCUT2D eigenvalue weighted by atomic mass is 9.53. The van der Waals surface area contributed by atoms with Crippen molar-refractivity contribution in [3.63, 3.8) is 0 Å². The summed E-state index contributed by atoms with van der Waals surface area (Å²) in [4.78, 5) is 23.5. The number of anilines is 1. The van der Waals surface area contributed by atoms with E-state index in [9.17, 15) is 14.3 Å². The number of fused-ring (bicyclic) bond motifs is 3. The van der Waals surface area contributed by atoms with Crippen molar-refractivity contribution >= 4 is 17.3 Å². The van der Waals surface area contributed by atoms with Crippen molar-refractivity contribution < 1.29 is 18.8 Å². The summed E-state index contributed by atoms with van der Waals surface area (Å²) in [6, 6.07) is 4.16. The van der Waals surface area contributed by atoms with Crippen molar-refractivity contribution in [2.24, 2.45) is 11.3 Å². The van der Waals surface area contributed by atoms with Gasteiger partial charge in [-0.15, -0.1) is 0 Å². The van der Waals surface area contributed by atoms with Gasteiger partial charge in [-0.3, -0.25) is 4.79 Å². The quantitative estimate of drug-likeness (QED) is 0.560. The van der Waals surface area contributed by atoms with Gasteiger partial charge in [-0.2, -0.15) is 4.98 Å². The maximum absolute atomic E-state index is 14.4. The molecule has 2 aromatic rings. The Hall–Kier alpha value is -2.79. The van der Waals surface area contributed by atoms with Crippen LogP contribution in [0.15, 0.2) is 22.7 Å². The largest absolute Gasteiger partial charge is 0.390 e. The van der Waals surface area contributed by atoms with Gasteiger partial charge in [0.05, 0.1) is 12.2 Å². The molecule has 5 saturated carbocycles. The zero-order chi connectivity index (χ0) is 24.4. The number of hydrogen-bond donors (Lipinski definition) is 1. The van der Waals surface area contributed by atoms with Gasteiger partial charge < -0.3 is 14.5 Å². The van der Waals surface area contributed by atoms with Crippen LogP contribution in [0.1, 0.15) is 88.8 Å². The Bertz CT molecular complexity index is 1180. The third-order valence-corrected chi connectivity index (χ3v) is 9.03. The van der Waals surface area contributed by atoms with Crippen LogP contribution in [0.25, 0.3) is 4.85 Å². The van der Waals surface area contributed by atoms with E-state index in [4.69, 9.17) is 16.1 Å². The van der Waals surface area contributed by atoms with E-state index < -0.39 is 11.4 Å². The Morgan fingerprint density at radius 2 is 1.89 bits per heavy atom. The first-order valence-corrected chi connectivity index (χ1v) is 12.8. The summed E-state index contributed by atoms with van der Waals surface area (Å²) in [5.41, 5.74) is -0.333. The molecule has 1 aromatic heterocycles. The third kappa shape index (κ3) is 4.04. The highest BCUT2D eigenvalue weighted by Crippen LogP contribution is 2.58. The minimum atomic E-state index is -0.827. The second kappa shape index (κ2) is 7.86. The van der Waals surface area contributed by atoms with Gasteiger partial charge in [0, 0.05) is 29.5 Å². The molecule has 1 N–H and O–H groups in total. The van der Waals surface area contributed by atoms with Crippen LogP contribution in [0.3, 0.4) is 0 Å². The van der Waals surface area contributed by atoms with Crippen LogP contribution in [-0.2, 0) is 10.2 Å². The summed E-state index contributed by atoms with van der Waals surface area (Å²) in [6.07, 6.45) is 8.73. The lowest BCUT2D eigenvalue weighted by molar-refractivity contribution is -0.137. The van der Waals surface area contributed by atoms with Gasteiger partial charge >= 0.3 is 0 Å². The number of carbonyl (C=O) groups excluding carboxylic acids is 1. The summed E-state index contributed by atoms with van der Waals surface area (Å²) < 4.78 is 20.1. The van der Waals surface area contributed by atoms with Crippen molar-refractivity contribution in [3.05, 3.63) is 47.1 Å². The minimum absolute atomic E-state index is 0.0619. The van der Waals surface area contributed by atoms with Gasteiger partial charge in [-0.25, -0.2) is 9.24 Å². The van der Waals surface area contributed by atoms with Crippen molar-refractivity contribution in [1.82, 2.24) is 10.1 Å². The smallest absolute Gasteiger partial charge is 0.232 e. The van der Waals surface area contributed by atoms with E-state index in [0.717, 1.165) is 63.1 Å². The summed E-state index contributed by atoms with van der Waals surface area (Å²) in [5.74, 6) is 1.22. The minimum Gasteiger partial charge on any atom is -0.390 e. The molecule has 5 fully saturated rings. The first-order valence-electron chi connectivity index (χ1n) is 12.8. The Morgan fingerprint density at radius 3 is 2.49 bits per heavy atom. The van der Waals surface area contributed by atoms with Crippen LogP contribution < -0.4 is 4.90 Å².